The molecule has 1 amide bonds. The summed E-state index contributed by atoms with van der Waals surface area (Å²) in [6.07, 6.45) is 3.18. The van der Waals surface area contributed by atoms with Crippen molar-refractivity contribution < 1.29 is 13.9 Å². The van der Waals surface area contributed by atoms with Crippen LogP contribution < -0.4 is 5.32 Å². The van der Waals surface area contributed by atoms with Crippen LogP contribution in [0, 0.1) is 6.92 Å². The first-order chi connectivity index (χ1) is 8.17. The average molecular weight is 302 g/mol. The minimum Gasteiger partial charge on any atom is -0.459 e. The normalized spacial score (nSPS) is 18.9. The molecule has 1 aromatic heterocycles. The fraction of sp³-hybridized carbons (Fsp3) is 0.583. The number of halogens is 1. The van der Waals surface area contributed by atoms with Gasteiger partial charge in [0.15, 0.2) is 5.76 Å². The lowest BCUT2D eigenvalue weighted by Crippen LogP contribution is -2.53. The van der Waals surface area contributed by atoms with Gasteiger partial charge in [-0.25, -0.2) is 0 Å². The molecular formula is C12H16BrNO3. The summed E-state index contributed by atoms with van der Waals surface area (Å²) in [6, 6.07) is 1.79. The van der Waals surface area contributed by atoms with Gasteiger partial charge in [-0.05, 0) is 25.8 Å². The lowest BCUT2D eigenvalue weighted by Gasteiger charge is -2.36. The van der Waals surface area contributed by atoms with Crippen LogP contribution in [0.4, 0.5) is 0 Å². The third-order valence-corrected chi connectivity index (χ3v) is 4.23. The Morgan fingerprint density at radius 1 is 1.53 bits per heavy atom. The Hall–Kier alpha value is -0.810. The zero-order valence-electron chi connectivity index (χ0n) is 9.79. The molecule has 1 aliphatic heterocycles. The van der Waals surface area contributed by atoms with Crippen molar-refractivity contribution in [1.29, 1.82) is 0 Å². The number of alkyl halides is 1. The third-order valence-electron chi connectivity index (χ3n) is 3.15. The minimum absolute atomic E-state index is 0.145. The van der Waals surface area contributed by atoms with Gasteiger partial charge in [0.2, 0.25) is 0 Å². The molecule has 5 heteroatoms. The molecule has 0 saturated carbocycles. The first kappa shape index (κ1) is 12.6. The van der Waals surface area contributed by atoms with Crippen LogP contribution in [0.25, 0.3) is 0 Å². The monoisotopic (exact) mass is 301 g/mol. The molecule has 4 nitrogen and oxygen atoms in total. The molecule has 1 N–H and O–H groups in total. The molecule has 0 atom stereocenters. The van der Waals surface area contributed by atoms with E-state index in [-0.39, 0.29) is 11.4 Å². The van der Waals surface area contributed by atoms with Gasteiger partial charge in [0.1, 0.15) is 0 Å². The van der Waals surface area contributed by atoms with E-state index in [0.717, 1.165) is 23.7 Å². The fourth-order valence-electron chi connectivity index (χ4n) is 1.96. The minimum atomic E-state index is -0.214. The summed E-state index contributed by atoms with van der Waals surface area (Å²) in [5.74, 6) is 0.255. The molecule has 0 spiro atoms. The highest BCUT2D eigenvalue weighted by Gasteiger charge is 2.34. The quantitative estimate of drug-likeness (QED) is 0.871. The van der Waals surface area contributed by atoms with Gasteiger partial charge in [0, 0.05) is 24.1 Å². The summed E-state index contributed by atoms with van der Waals surface area (Å²) < 4.78 is 10.5. The van der Waals surface area contributed by atoms with Gasteiger partial charge >= 0.3 is 0 Å². The summed E-state index contributed by atoms with van der Waals surface area (Å²) in [7, 11) is 0. The van der Waals surface area contributed by atoms with Crippen molar-refractivity contribution in [3.05, 3.63) is 23.7 Å². The predicted molar refractivity (Wildman–Crippen MR) is 67.5 cm³/mol. The second-order valence-electron chi connectivity index (χ2n) is 4.41. The maximum atomic E-state index is 12.1. The van der Waals surface area contributed by atoms with Gasteiger partial charge in [-0.1, -0.05) is 15.9 Å². The number of amides is 1. The molecule has 2 rings (SSSR count). The topological polar surface area (TPSA) is 51.5 Å². The first-order valence-electron chi connectivity index (χ1n) is 5.67. The van der Waals surface area contributed by atoms with Crippen molar-refractivity contribution in [2.24, 2.45) is 0 Å². The first-order valence-corrected chi connectivity index (χ1v) is 6.79. The van der Waals surface area contributed by atoms with E-state index >= 15 is 0 Å². The van der Waals surface area contributed by atoms with E-state index in [0.29, 0.717) is 19.0 Å². The Bertz CT molecular complexity index is 396. The molecule has 94 valence electrons. The van der Waals surface area contributed by atoms with Crippen molar-refractivity contribution >= 4 is 21.8 Å². The second-order valence-corrected chi connectivity index (χ2v) is 4.97. The van der Waals surface area contributed by atoms with E-state index < -0.39 is 0 Å². The number of carbonyl (C=O) groups excluding carboxylic acids is 1. The van der Waals surface area contributed by atoms with Gasteiger partial charge < -0.3 is 14.5 Å². The molecule has 17 heavy (non-hydrogen) atoms. The molecule has 0 radical (unpaired) electrons. The Balaban J connectivity index is 2.08. The number of carbonyl (C=O) groups is 1. The van der Waals surface area contributed by atoms with Crippen LogP contribution in [0.2, 0.25) is 0 Å². The van der Waals surface area contributed by atoms with E-state index in [1.165, 1.54) is 6.26 Å². The van der Waals surface area contributed by atoms with Crippen LogP contribution in [-0.2, 0) is 4.74 Å². The van der Waals surface area contributed by atoms with E-state index in [1.807, 2.05) is 6.92 Å². The van der Waals surface area contributed by atoms with Crippen LogP contribution in [-0.4, -0.2) is 30.0 Å². The molecule has 1 saturated heterocycles. The fourth-order valence-corrected chi connectivity index (χ4v) is 2.66. The van der Waals surface area contributed by atoms with Crippen LogP contribution in [0.1, 0.15) is 29.0 Å². The van der Waals surface area contributed by atoms with Crippen molar-refractivity contribution in [3.8, 4) is 0 Å². The lowest BCUT2D eigenvalue weighted by atomic mass is 9.92. The van der Waals surface area contributed by atoms with Gasteiger partial charge in [0.05, 0.1) is 11.8 Å². The molecule has 1 aromatic rings. The molecule has 0 bridgehead atoms. The number of ether oxygens (including phenoxy) is 1. The van der Waals surface area contributed by atoms with Gasteiger partial charge in [-0.3, -0.25) is 4.79 Å². The van der Waals surface area contributed by atoms with Gasteiger partial charge in [-0.2, -0.15) is 0 Å². The van der Waals surface area contributed by atoms with Crippen molar-refractivity contribution in [1.82, 2.24) is 5.32 Å². The third kappa shape index (κ3) is 2.72. The molecule has 1 fully saturated rings. The number of rotatable bonds is 3. The second kappa shape index (κ2) is 5.23. The molecule has 0 aromatic carbocycles. The Labute approximate surface area is 109 Å². The summed E-state index contributed by atoms with van der Waals surface area (Å²) in [5, 5.41) is 3.80. The smallest absolute Gasteiger partial charge is 0.287 e. The SMILES string of the molecule is Cc1ccoc1C(=O)NC1(CBr)CCOCC1. The van der Waals surface area contributed by atoms with Crippen LogP contribution in [0.3, 0.4) is 0 Å². The largest absolute Gasteiger partial charge is 0.459 e. The van der Waals surface area contributed by atoms with Crippen LogP contribution in [0.5, 0.6) is 0 Å². The van der Waals surface area contributed by atoms with Crippen LogP contribution in [0.15, 0.2) is 16.7 Å². The van der Waals surface area contributed by atoms with E-state index in [9.17, 15) is 4.79 Å². The highest BCUT2D eigenvalue weighted by molar-refractivity contribution is 9.09. The van der Waals surface area contributed by atoms with Gasteiger partial charge in [0.25, 0.3) is 5.91 Å². The zero-order valence-corrected chi connectivity index (χ0v) is 11.4. The Kier molecular flexibility index (Phi) is 3.89. The lowest BCUT2D eigenvalue weighted by molar-refractivity contribution is 0.0433. The number of furan rings is 1. The number of nitrogens with one attached hydrogen (secondary N) is 1. The average Bonchev–Trinajstić information content (AvgIpc) is 2.77. The molecule has 0 aliphatic carbocycles. The maximum Gasteiger partial charge on any atom is 0.287 e. The highest BCUT2D eigenvalue weighted by Crippen LogP contribution is 2.24. The highest BCUT2D eigenvalue weighted by atomic mass is 79.9. The van der Waals surface area contributed by atoms with Crippen molar-refractivity contribution in [2.45, 2.75) is 25.3 Å². The van der Waals surface area contributed by atoms with E-state index in [4.69, 9.17) is 9.15 Å². The van der Waals surface area contributed by atoms with Crippen molar-refractivity contribution in [2.75, 3.05) is 18.5 Å². The van der Waals surface area contributed by atoms with Crippen molar-refractivity contribution in [3.63, 3.8) is 0 Å². The maximum absolute atomic E-state index is 12.1. The predicted octanol–water partition coefficient (Wildman–Crippen LogP) is 2.26. The Morgan fingerprint density at radius 2 is 2.24 bits per heavy atom. The molecule has 1 aliphatic rings. The standard InChI is InChI=1S/C12H16BrNO3/c1-9-2-5-17-10(9)11(15)14-12(8-13)3-6-16-7-4-12/h2,5H,3-4,6-8H2,1H3,(H,14,15). The summed E-state index contributed by atoms with van der Waals surface area (Å²) in [4.78, 5) is 12.1. The molecule has 2 heterocycles. The molecular weight excluding hydrogens is 286 g/mol. The summed E-state index contributed by atoms with van der Waals surface area (Å²) >= 11 is 3.48. The van der Waals surface area contributed by atoms with E-state index in [1.54, 1.807) is 6.07 Å². The number of hydrogen-bond acceptors (Lipinski definition) is 3. The van der Waals surface area contributed by atoms with Crippen LogP contribution >= 0.6 is 15.9 Å². The number of aryl methyl sites for hydroxylation is 1. The molecule has 0 unspecified atom stereocenters. The zero-order chi connectivity index (χ0) is 12.3. The van der Waals surface area contributed by atoms with Gasteiger partial charge in [-0.15, -0.1) is 0 Å². The number of hydrogen-bond donors (Lipinski definition) is 1. The van der Waals surface area contributed by atoms with E-state index in [2.05, 4.69) is 21.2 Å². The Morgan fingerprint density at radius 3 is 2.76 bits per heavy atom. The summed E-state index contributed by atoms with van der Waals surface area (Å²) in [6.45, 7) is 3.23. The summed E-state index contributed by atoms with van der Waals surface area (Å²) in [5.41, 5.74) is 0.647.